The van der Waals surface area contributed by atoms with E-state index in [1.165, 1.54) is 16.1 Å². The van der Waals surface area contributed by atoms with Crippen molar-refractivity contribution < 1.29 is 4.79 Å². The molecule has 3 aromatic rings. The van der Waals surface area contributed by atoms with Crippen LogP contribution in [0.25, 0.3) is 10.7 Å². The summed E-state index contributed by atoms with van der Waals surface area (Å²) in [6, 6.07) is 7.62. The fourth-order valence-electron chi connectivity index (χ4n) is 1.61. The SMILES string of the molecule is Cc1ccc(C(=O)Cn2nnc(-c3cccs3)n2)s1. The van der Waals surface area contributed by atoms with E-state index in [-0.39, 0.29) is 12.3 Å². The molecule has 7 heteroatoms. The van der Waals surface area contributed by atoms with Crippen LogP contribution in [0, 0.1) is 6.92 Å². The van der Waals surface area contributed by atoms with Crippen LogP contribution in [0.2, 0.25) is 0 Å². The minimum atomic E-state index is 0.00762. The van der Waals surface area contributed by atoms with Gasteiger partial charge >= 0.3 is 0 Å². The molecule has 0 aromatic carbocycles. The summed E-state index contributed by atoms with van der Waals surface area (Å²) in [7, 11) is 0. The Kier molecular flexibility index (Phi) is 3.22. The van der Waals surface area contributed by atoms with E-state index < -0.39 is 0 Å². The Hall–Kier alpha value is -1.86. The molecular weight excluding hydrogens is 280 g/mol. The van der Waals surface area contributed by atoms with Crippen LogP contribution in [0.1, 0.15) is 14.5 Å². The van der Waals surface area contributed by atoms with Gasteiger partial charge in [0.05, 0.1) is 9.75 Å². The van der Waals surface area contributed by atoms with Gasteiger partial charge in [-0.25, -0.2) is 0 Å². The molecular formula is C12H10N4OS2. The van der Waals surface area contributed by atoms with E-state index in [1.54, 1.807) is 11.3 Å². The Balaban J connectivity index is 1.76. The molecule has 3 rings (SSSR count). The third-order valence-corrected chi connectivity index (χ3v) is 4.40. The monoisotopic (exact) mass is 290 g/mol. The average molecular weight is 290 g/mol. The number of hydrogen-bond donors (Lipinski definition) is 0. The minimum absolute atomic E-state index is 0.00762. The summed E-state index contributed by atoms with van der Waals surface area (Å²) in [5.41, 5.74) is 0. The molecule has 0 bridgehead atoms. The maximum atomic E-state index is 12.0. The molecule has 0 unspecified atom stereocenters. The standard InChI is InChI=1S/C12H10N4OS2/c1-8-4-5-10(19-8)9(17)7-16-14-12(13-15-16)11-3-2-6-18-11/h2-6H,7H2,1H3. The van der Waals surface area contributed by atoms with Crippen molar-refractivity contribution in [1.29, 1.82) is 0 Å². The van der Waals surface area contributed by atoms with Crippen molar-refractivity contribution >= 4 is 28.5 Å². The molecule has 19 heavy (non-hydrogen) atoms. The topological polar surface area (TPSA) is 60.7 Å². The Morgan fingerprint density at radius 3 is 2.95 bits per heavy atom. The highest BCUT2D eigenvalue weighted by Gasteiger charge is 2.12. The van der Waals surface area contributed by atoms with E-state index in [9.17, 15) is 4.79 Å². The molecule has 0 aliphatic rings. The summed E-state index contributed by atoms with van der Waals surface area (Å²) in [4.78, 5) is 16.1. The van der Waals surface area contributed by atoms with Gasteiger partial charge in [0.25, 0.3) is 0 Å². The molecule has 3 aromatic heterocycles. The van der Waals surface area contributed by atoms with Crippen LogP contribution >= 0.6 is 22.7 Å². The van der Waals surface area contributed by atoms with Crippen LogP contribution in [-0.4, -0.2) is 26.0 Å². The van der Waals surface area contributed by atoms with E-state index in [0.29, 0.717) is 5.82 Å². The normalized spacial score (nSPS) is 10.8. The minimum Gasteiger partial charge on any atom is -0.291 e. The summed E-state index contributed by atoms with van der Waals surface area (Å²) in [5, 5.41) is 14.0. The summed E-state index contributed by atoms with van der Waals surface area (Å²) >= 11 is 3.03. The molecule has 96 valence electrons. The van der Waals surface area contributed by atoms with Crippen molar-refractivity contribution in [3.05, 3.63) is 39.4 Å². The second-order valence-corrected chi connectivity index (χ2v) is 6.19. The number of aromatic nitrogens is 4. The van der Waals surface area contributed by atoms with Crippen molar-refractivity contribution in [2.45, 2.75) is 13.5 Å². The molecule has 0 radical (unpaired) electrons. The second-order valence-electron chi connectivity index (χ2n) is 3.95. The largest absolute Gasteiger partial charge is 0.291 e. The maximum absolute atomic E-state index is 12.0. The number of thiophene rings is 2. The van der Waals surface area contributed by atoms with Crippen LogP contribution < -0.4 is 0 Å². The van der Waals surface area contributed by atoms with E-state index in [1.807, 2.05) is 36.6 Å². The highest BCUT2D eigenvalue weighted by molar-refractivity contribution is 7.14. The predicted molar refractivity (Wildman–Crippen MR) is 74.5 cm³/mol. The zero-order valence-corrected chi connectivity index (χ0v) is 11.7. The fourth-order valence-corrected chi connectivity index (χ4v) is 3.05. The number of nitrogens with zero attached hydrogens (tertiary/aromatic N) is 4. The third kappa shape index (κ3) is 2.61. The van der Waals surface area contributed by atoms with E-state index in [4.69, 9.17) is 0 Å². The van der Waals surface area contributed by atoms with Crippen molar-refractivity contribution in [2.24, 2.45) is 0 Å². The van der Waals surface area contributed by atoms with Gasteiger partial charge in [-0.1, -0.05) is 6.07 Å². The summed E-state index contributed by atoms with van der Waals surface area (Å²) in [5.74, 6) is 0.568. The first-order chi connectivity index (χ1) is 9.22. The van der Waals surface area contributed by atoms with Gasteiger partial charge in [0, 0.05) is 4.88 Å². The fraction of sp³-hybridized carbons (Fsp3) is 0.167. The predicted octanol–water partition coefficient (Wildman–Crippen LogP) is 2.65. The Morgan fingerprint density at radius 1 is 1.37 bits per heavy atom. The summed E-state index contributed by atoms with van der Waals surface area (Å²) in [6.45, 7) is 2.10. The molecule has 0 aliphatic heterocycles. The van der Waals surface area contributed by atoms with Gasteiger partial charge in [-0.05, 0) is 35.7 Å². The average Bonchev–Trinajstić information content (AvgIpc) is 3.07. The lowest BCUT2D eigenvalue weighted by Crippen LogP contribution is -2.12. The van der Waals surface area contributed by atoms with Crippen molar-refractivity contribution in [2.75, 3.05) is 0 Å². The van der Waals surface area contributed by atoms with Gasteiger partial charge in [0.15, 0.2) is 5.78 Å². The molecule has 0 N–H and O–H groups in total. The number of ketones is 1. The number of carbonyl (C=O) groups excluding carboxylic acids is 1. The molecule has 0 aliphatic carbocycles. The van der Waals surface area contributed by atoms with Gasteiger partial charge in [-0.15, -0.1) is 32.9 Å². The highest BCUT2D eigenvalue weighted by atomic mass is 32.1. The zero-order valence-electron chi connectivity index (χ0n) is 10.1. The van der Waals surface area contributed by atoms with E-state index in [0.717, 1.165) is 14.6 Å². The maximum Gasteiger partial charge on any atom is 0.214 e. The van der Waals surface area contributed by atoms with Crippen LogP contribution in [0.15, 0.2) is 29.6 Å². The summed E-state index contributed by atoms with van der Waals surface area (Å²) < 4.78 is 0. The first-order valence-electron chi connectivity index (χ1n) is 5.64. The van der Waals surface area contributed by atoms with Crippen LogP contribution in [0.4, 0.5) is 0 Å². The Bertz CT molecular complexity index is 699. The van der Waals surface area contributed by atoms with Crippen LogP contribution in [-0.2, 0) is 6.54 Å². The molecule has 0 spiro atoms. The number of tetrazole rings is 1. The Morgan fingerprint density at radius 2 is 2.26 bits per heavy atom. The lowest BCUT2D eigenvalue weighted by Gasteiger charge is -1.95. The van der Waals surface area contributed by atoms with E-state index >= 15 is 0 Å². The summed E-state index contributed by atoms with van der Waals surface area (Å²) in [6.07, 6.45) is 0. The molecule has 3 heterocycles. The van der Waals surface area contributed by atoms with Crippen LogP contribution in [0.5, 0.6) is 0 Å². The molecule has 0 saturated carbocycles. The third-order valence-electron chi connectivity index (χ3n) is 2.49. The van der Waals surface area contributed by atoms with E-state index in [2.05, 4.69) is 15.4 Å². The van der Waals surface area contributed by atoms with Crippen molar-refractivity contribution in [1.82, 2.24) is 20.2 Å². The smallest absolute Gasteiger partial charge is 0.214 e. The number of carbonyl (C=O) groups is 1. The number of hydrogen-bond acceptors (Lipinski definition) is 6. The molecule has 0 atom stereocenters. The number of rotatable bonds is 4. The molecule has 5 nitrogen and oxygen atoms in total. The van der Waals surface area contributed by atoms with Crippen LogP contribution in [0.3, 0.4) is 0 Å². The van der Waals surface area contributed by atoms with Gasteiger partial charge in [-0.2, -0.15) is 4.80 Å². The zero-order chi connectivity index (χ0) is 13.2. The number of Topliss-reactive ketones (excluding diaryl/α,β-unsaturated/α-hetero) is 1. The molecule has 0 amide bonds. The van der Waals surface area contributed by atoms with Crippen molar-refractivity contribution in [3.8, 4) is 10.7 Å². The first kappa shape index (κ1) is 12.2. The second kappa shape index (κ2) is 5.02. The number of aryl methyl sites for hydroxylation is 1. The van der Waals surface area contributed by atoms with Gasteiger partial charge < -0.3 is 0 Å². The van der Waals surface area contributed by atoms with Crippen molar-refractivity contribution in [3.63, 3.8) is 0 Å². The first-order valence-corrected chi connectivity index (χ1v) is 7.33. The Labute approximate surface area is 117 Å². The highest BCUT2D eigenvalue weighted by Crippen LogP contribution is 2.20. The lowest BCUT2D eigenvalue weighted by atomic mass is 10.3. The van der Waals surface area contributed by atoms with Gasteiger partial charge in [0.2, 0.25) is 5.82 Å². The molecule has 0 fully saturated rings. The molecule has 0 saturated heterocycles. The quantitative estimate of drug-likeness (QED) is 0.693. The van der Waals surface area contributed by atoms with Gasteiger partial charge in [0.1, 0.15) is 6.54 Å². The lowest BCUT2D eigenvalue weighted by molar-refractivity contribution is 0.0965. The van der Waals surface area contributed by atoms with Gasteiger partial charge in [-0.3, -0.25) is 4.79 Å².